The summed E-state index contributed by atoms with van der Waals surface area (Å²) in [4.78, 5) is 17.2. The Morgan fingerprint density at radius 3 is 3.06 bits per heavy atom. The minimum Gasteiger partial charge on any atom is -0.356 e. The lowest BCUT2D eigenvalue weighted by Gasteiger charge is -2.23. The molecule has 6 heteroatoms. The Hall–Kier alpha value is -0.270. The van der Waals surface area contributed by atoms with Crippen molar-refractivity contribution in [1.29, 1.82) is 0 Å². The molecule has 0 spiro atoms. The molecule has 2 N–H and O–H groups in total. The third kappa shape index (κ3) is 3.35. The number of nitrogens with zero attached hydrogens (tertiary/aromatic N) is 1. The van der Waals surface area contributed by atoms with Crippen LogP contribution in [0.3, 0.4) is 0 Å². The molecule has 0 bridgehead atoms. The van der Waals surface area contributed by atoms with Crippen LogP contribution in [0.15, 0.2) is 12.3 Å². The molecule has 1 aliphatic rings. The summed E-state index contributed by atoms with van der Waals surface area (Å²) in [6, 6.07) is 2.25. The number of nitrogens with one attached hydrogen (secondary N) is 2. The van der Waals surface area contributed by atoms with Crippen LogP contribution >= 0.6 is 35.0 Å². The summed E-state index contributed by atoms with van der Waals surface area (Å²) in [5.41, 5.74) is 0.701. The summed E-state index contributed by atoms with van der Waals surface area (Å²) in [6.45, 7) is 1.75. The SMILES string of the molecule is CNCC1CCCN1C(=O)c1cc(I)c[nH]1.Cl. The predicted octanol–water partition coefficient (Wildman–Crippen LogP) is 1.87. The van der Waals surface area contributed by atoms with Gasteiger partial charge in [0, 0.05) is 28.9 Å². The molecule has 0 radical (unpaired) electrons. The van der Waals surface area contributed by atoms with Gasteiger partial charge >= 0.3 is 0 Å². The molecule has 1 unspecified atom stereocenters. The fourth-order valence-electron chi connectivity index (χ4n) is 2.20. The number of hydrogen-bond acceptors (Lipinski definition) is 2. The molecule has 1 amide bonds. The Labute approximate surface area is 121 Å². The smallest absolute Gasteiger partial charge is 0.270 e. The van der Waals surface area contributed by atoms with Gasteiger partial charge in [-0.3, -0.25) is 4.79 Å². The molecule has 1 saturated heterocycles. The van der Waals surface area contributed by atoms with E-state index in [1.54, 1.807) is 0 Å². The highest BCUT2D eigenvalue weighted by molar-refractivity contribution is 14.1. The van der Waals surface area contributed by atoms with Crippen LogP contribution in [-0.2, 0) is 0 Å². The lowest BCUT2D eigenvalue weighted by Crippen LogP contribution is -2.40. The second-order valence-corrected chi connectivity index (χ2v) is 5.33. The summed E-state index contributed by atoms with van der Waals surface area (Å²) in [6.07, 6.45) is 4.07. The van der Waals surface area contributed by atoms with Crippen molar-refractivity contribution >= 4 is 40.9 Å². The summed E-state index contributed by atoms with van der Waals surface area (Å²) in [5.74, 6) is 0.126. The number of likely N-dealkylation sites (N-methyl/N-ethyl adjacent to an activating group) is 1. The Morgan fingerprint density at radius 2 is 2.47 bits per heavy atom. The Kier molecular flexibility index (Phi) is 5.75. The van der Waals surface area contributed by atoms with Crippen molar-refractivity contribution in [3.8, 4) is 0 Å². The molecule has 1 aliphatic heterocycles. The van der Waals surface area contributed by atoms with E-state index in [1.165, 1.54) is 0 Å². The van der Waals surface area contributed by atoms with Gasteiger partial charge in [0.2, 0.25) is 0 Å². The maximum absolute atomic E-state index is 12.2. The molecule has 0 saturated carbocycles. The number of H-pyrrole nitrogens is 1. The number of rotatable bonds is 3. The van der Waals surface area contributed by atoms with E-state index in [4.69, 9.17) is 0 Å². The number of aromatic nitrogens is 1. The monoisotopic (exact) mass is 369 g/mol. The van der Waals surface area contributed by atoms with Crippen molar-refractivity contribution in [2.75, 3.05) is 20.1 Å². The molecule has 0 aromatic carbocycles. The first kappa shape index (κ1) is 14.8. The highest BCUT2D eigenvalue weighted by atomic mass is 127. The minimum atomic E-state index is 0. The molecule has 1 atom stereocenters. The molecule has 4 nitrogen and oxygen atoms in total. The van der Waals surface area contributed by atoms with E-state index in [1.807, 2.05) is 24.2 Å². The van der Waals surface area contributed by atoms with E-state index in [-0.39, 0.29) is 18.3 Å². The molecular formula is C11H17ClIN3O. The fraction of sp³-hybridized carbons (Fsp3) is 0.545. The first-order valence-electron chi connectivity index (χ1n) is 5.52. The molecule has 2 rings (SSSR count). The number of carbonyl (C=O) groups excluding carboxylic acids is 1. The van der Waals surface area contributed by atoms with Crippen molar-refractivity contribution < 1.29 is 4.79 Å². The average Bonchev–Trinajstić information content (AvgIpc) is 2.87. The van der Waals surface area contributed by atoms with Crippen LogP contribution in [-0.4, -0.2) is 42.0 Å². The zero-order chi connectivity index (χ0) is 11.5. The van der Waals surface area contributed by atoms with Crippen LogP contribution in [0.4, 0.5) is 0 Å². The van der Waals surface area contributed by atoms with Crippen LogP contribution < -0.4 is 5.32 Å². The molecule has 1 aromatic heterocycles. The van der Waals surface area contributed by atoms with E-state index in [9.17, 15) is 4.79 Å². The average molecular weight is 370 g/mol. The van der Waals surface area contributed by atoms with Crippen LogP contribution in [0.1, 0.15) is 23.3 Å². The van der Waals surface area contributed by atoms with Crippen LogP contribution in [0, 0.1) is 3.57 Å². The van der Waals surface area contributed by atoms with Crippen molar-refractivity contribution in [3.63, 3.8) is 0 Å². The topological polar surface area (TPSA) is 48.1 Å². The Bertz CT molecular complexity index is 383. The van der Waals surface area contributed by atoms with E-state index < -0.39 is 0 Å². The zero-order valence-electron chi connectivity index (χ0n) is 9.70. The lowest BCUT2D eigenvalue weighted by molar-refractivity contribution is 0.0732. The van der Waals surface area contributed by atoms with Gasteiger partial charge in [0.15, 0.2) is 0 Å². The number of likely N-dealkylation sites (tertiary alicyclic amines) is 1. The van der Waals surface area contributed by atoms with E-state index >= 15 is 0 Å². The third-order valence-electron chi connectivity index (χ3n) is 2.96. The molecule has 0 aliphatic carbocycles. The molecule has 96 valence electrons. The lowest BCUT2D eigenvalue weighted by atomic mass is 10.2. The highest BCUT2D eigenvalue weighted by Crippen LogP contribution is 2.19. The van der Waals surface area contributed by atoms with Crippen LogP contribution in [0.25, 0.3) is 0 Å². The maximum atomic E-state index is 12.2. The van der Waals surface area contributed by atoms with Gasteiger partial charge in [-0.25, -0.2) is 0 Å². The first-order chi connectivity index (χ1) is 7.72. The van der Waals surface area contributed by atoms with Gasteiger partial charge in [0.25, 0.3) is 5.91 Å². The van der Waals surface area contributed by atoms with Gasteiger partial charge < -0.3 is 15.2 Å². The number of aromatic amines is 1. The molecule has 17 heavy (non-hydrogen) atoms. The van der Waals surface area contributed by atoms with Crippen molar-refractivity contribution in [3.05, 3.63) is 21.5 Å². The third-order valence-corrected chi connectivity index (χ3v) is 3.58. The zero-order valence-corrected chi connectivity index (χ0v) is 12.7. The summed E-state index contributed by atoms with van der Waals surface area (Å²) < 4.78 is 1.07. The maximum Gasteiger partial charge on any atom is 0.270 e. The second kappa shape index (κ2) is 6.61. The van der Waals surface area contributed by atoms with Crippen LogP contribution in [0.5, 0.6) is 0 Å². The summed E-state index contributed by atoms with van der Waals surface area (Å²) in [7, 11) is 1.93. The Morgan fingerprint density at radius 1 is 1.71 bits per heavy atom. The first-order valence-corrected chi connectivity index (χ1v) is 6.59. The highest BCUT2D eigenvalue weighted by Gasteiger charge is 2.29. The minimum absolute atomic E-state index is 0. The molecule has 1 fully saturated rings. The predicted molar refractivity (Wildman–Crippen MR) is 78.7 cm³/mol. The van der Waals surface area contributed by atoms with E-state index in [2.05, 4.69) is 32.9 Å². The number of amides is 1. The van der Waals surface area contributed by atoms with Gasteiger partial charge in [-0.2, -0.15) is 0 Å². The normalized spacial score (nSPS) is 19.2. The second-order valence-electron chi connectivity index (χ2n) is 4.08. The van der Waals surface area contributed by atoms with Gasteiger partial charge in [0.05, 0.1) is 0 Å². The van der Waals surface area contributed by atoms with Crippen LogP contribution in [0.2, 0.25) is 0 Å². The van der Waals surface area contributed by atoms with E-state index in [0.29, 0.717) is 11.7 Å². The largest absolute Gasteiger partial charge is 0.356 e. The molecular weight excluding hydrogens is 352 g/mol. The number of halogens is 2. The van der Waals surface area contributed by atoms with Crippen molar-refractivity contribution in [1.82, 2.24) is 15.2 Å². The van der Waals surface area contributed by atoms with Gasteiger partial charge in [0.1, 0.15) is 5.69 Å². The molecule has 2 heterocycles. The van der Waals surface area contributed by atoms with Crippen molar-refractivity contribution in [2.24, 2.45) is 0 Å². The summed E-state index contributed by atoms with van der Waals surface area (Å²) >= 11 is 2.20. The number of hydrogen-bond donors (Lipinski definition) is 2. The summed E-state index contributed by atoms with van der Waals surface area (Å²) in [5, 5.41) is 3.15. The number of carbonyl (C=O) groups is 1. The van der Waals surface area contributed by atoms with E-state index in [0.717, 1.165) is 29.5 Å². The van der Waals surface area contributed by atoms with Gasteiger partial charge in [-0.15, -0.1) is 12.4 Å². The fourth-order valence-corrected chi connectivity index (χ4v) is 2.66. The molecule has 1 aromatic rings. The van der Waals surface area contributed by atoms with Gasteiger partial charge in [-0.1, -0.05) is 0 Å². The standard InChI is InChI=1S/C11H16IN3O.ClH/c1-13-7-9-3-2-4-15(9)11(16)10-5-8(12)6-14-10;/h5-6,9,13-14H,2-4,7H2,1H3;1H. The van der Waals surface area contributed by atoms with Gasteiger partial charge in [-0.05, 0) is 48.5 Å². The quantitative estimate of drug-likeness (QED) is 0.799. The van der Waals surface area contributed by atoms with Crippen molar-refractivity contribution in [2.45, 2.75) is 18.9 Å². The Balaban J connectivity index is 0.00000144.